The van der Waals surface area contributed by atoms with Crippen LogP contribution in [0.2, 0.25) is 0 Å². The zero-order chi connectivity index (χ0) is 12.6. The van der Waals surface area contributed by atoms with Gasteiger partial charge in [-0.3, -0.25) is 0 Å². The van der Waals surface area contributed by atoms with Gasteiger partial charge in [-0.05, 0) is 39.5 Å². The van der Waals surface area contributed by atoms with Gasteiger partial charge in [-0.15, -0.1) is 0 Å². The number of hydrogen-bond donors (Lipinski definition) is 0. The molecule has 0 spiro atoms. The Morgan fingerprint density at radius 2 is 1.94 bits per heavy atom. The second-order valence-corrected chi connectivity index (χ2v) is 4.21. The van der Waals surface area contributed by atoms with Crippen LogP contribution in [0.3, 0.4) is 0 Å². The minimum absolute atomic E-state index is 0.202. The van der Waals surface area contributed by atoms with E-state index in [4.69, 9.17) is 4.74 Å². The molecule has 0 aromatic rings. The van der Waals surface area contributed by atoms with Gasteiger partial charge in [0.15, 0.2) is 0 Å². The predicted octanol–water partition coefficient (Wildman–Crippen LogP) is 3.88. The smallest absolute Gasteiger partial charge is 0.333 e. The normalized spacial score (nSPS) is 14.8. The summed E-state index contributed by atoms with van der Waals surface area (Å²) in [5, 5.41) is 0. The van der Waals surface area contributed by atoms with Crippen molar-refractivity contribution in [3.8, 4) is 0 Å². The molecule has 0 radical (unpaired) electrons. The Hall–Kier alpha value is -1.05. The van der Waals surface area contributed by atoms with Gasteiger partial charge in [0.1, 0.15) is 0 Å². The van der Waals surface area contributed by atoms with Crippen LogP contribution in [-0.4, -0.2) is 12.6 Å². The van der Waals surface area contributed by atoms with Crippen molar-refractivity contribution < 1.29 is 9.53 Å². The van der Waals surface area contributed by atoms with Gasteiger partial charge >= 0.3 is 5.97 Å². The van der Waals surface area contributed by atoms with Crippen LogP contribution in [-0.2, 0) is 9.53 Å². The first-order valence-electron chi connectivity index (χ1n) is 6.02. The summed E-state index contributed by atoms with van der Waals surface area (Å²) in [6.45, 7) is 10.5. The molecule has 1 unspecified atom stereocenters. The molecule has 0 amide bonds. The molecule has 1 atom stereocenters. The van der Waals surface area contributed by atoms with Gasteiger partial charge in [0, 0.05) is 5.57 Å². The van der Waals surface area contributed by atoms with Crippen molar-refractivity contribution in [2.45, 2.75) is 47.5 Å². The summed E-state index contributed by atoms with van der Waals surface area (Å²) in [4.78, 5) is 11.4. The van der Waals surface area contributed by atoms with E-state index in [-0.39, 0.29) is 5.97 Å². The summed E-state index contributed by atoms with van der Waals surface area (Å²) in [7, 11) is 0. The van der Waals surface area contributed by atoms with Crippen LogP contribution in [0.1, 0.15) is 47.5 Å². The number of rotatable bonds is 6. The number of hydrogen-bond acceptors (Lipinski definition) is 2. The van der Waals surface area contributed by atoms with Crippen molar-refractivity contribution in [1.82, 2.24) is 0 Å². The maximum absolute atomic E-state index is 11.4. The van der Waals surface area contributed by atoms with Crippen LogP contribution in [0.25, 0.3) is 0 Å². The van der Waals surface area contributed by atoms with Crippen LogP contribution in [0, 0.1) is 5.92 Å². The quantitative estimate of drug-likeness (QED) is 0.389. The Morgan fingerprint density at radius 1 is 1.31 bits per heavy atom. The SMILES string of the molecule is CC/C=C(\C)CC(C)/C=C(\C)C(=O)OCC. The molecule has 0 N–H and O–H groups in total. The van der Waals surface area contributed by atoms with Crippen LogP contribution in [0.15, 0.2) is 23.3 Å². The Morgan fingerprint density at radius 3 is 2.44 bits per heavy atom. The van der Waals surface area contributed by atoms with E-state index in [0.29, 0.717) is 18.1 Å². The van der Waals surface area contributed by atoms with E-state index in [1.54, 1.807) is 0 Å². The highest BCUT2D eigenvalue weighted by molar-refractivity contribution is 5.87. The second-order valence-electron chi connectivity index (χ2n) is 4.21. The van der Waals surface area contributed by atoms with Crippen molar-refractivity contribution in [1.29, 1.82) is 0 Å². The third-order valence-electron chi connectivity index (χ3n) is 2.33. The molecule has 0 aliphatic carbocycles. The number of carbonyl (C=O) groups excluding carboxylic acids is 1. The molecular weight excluding hydrogens is 200 g/mol. The maximum Gasteiger partial charge on any atom is 0.333 e. The zero-order valence-corrected chi connectivity index (χ0v) is 11.2. The summed E-state index contributed by atoms with van der Waals surface area (Å²) >= 11 is 0. The Bertz CT molecular complexity index is 274. The lowest BCUT2D eigenvalue weighted by Gasteiger charge is -2.08. The van der Waals surface area contributed by atoms with Gasteiger partial charge in [-0.1, -0.05) is 31.6 Å². The zero-order valence-electron chi connectivity index (χ0n) is 11.2. The minimum Gasteiger partial charge on any atom is -0.463 e. The predicted molar refractivity (Wildman–Crippen MR) is 68.2 cm³/mol. The van der Waals surface area contributed by atoms with Crippen LogP contribution < -0.4 is 0 Å². The summed E-state index contributed by atoms with van der Waals surface area (Å²) < 4.78 is 4.94. The van der Waals surface area contributed by atoms with Crippen molar-refractivity contribution in [2.24, 2.45) is 5.92 Å². The maximum atomic E-state index is 11.4. The van der Waals surface area contributed by atoms with E-state index >= 15 is 0 Å². The fourth-order valence-corrected chi connectivity index (χ4v) is 1.74. The standard InChI is InChI=1S/C14H24O2/c1-6-8-11(3)9-12(4)10-13(5)14(15)16-7-2/h8,10,12H,6-7,9H2,1-5H3/b11-8+,13-10+. The molecule has 0 rings (SSSR count). The van der Waals surface area contributed by atoms with Gasteiger partial charge in [0.05, 0.1) is 6.61 Å². The topological polar surface area (TPSA) is 26.3 Å². The van der Waals surface area contributed by atoms with Gasteiger partial charge in [-0.2, -0.15) is 0 Å². The molecule has 0 aromatic heterocycles. The Balaban J connectivity index is 4.30. The van der Waals surface area contributed by atoms with Crippen molar-refractivity contribution in [3.05, 3.63) is 23.3 Å². The summed E-state index contributed by atoms with van der Waals surface area (Å²) in [5.74, 6) is 0.179. The number of ether oxygens (including phenoxy) is 1. The van der Waals surface area contributed by atoms with Crippen LogP contribution in [0.4, 0.5) is 0 Å². The lowest BCUT2D eigenvalue weighted by atomic mass is 9.99. The molecular formula is C14H24O2. The fraction of sp³-hybridized carbons (Fsp3) is 0.643. The van der Waals surface area contributed by atoms with Crippen LogP contribution in [0.5, 0.6) is 0 Å². The first-order chi connectivity index (χ1) is 7.51. The second kappa shape index (κ2) is 8.14. The lowest BCUT2D eigenvalue weighted by molar-refractivity contribution is -0.138. The highest BCUT2D eigenvalue weighted by Gasteiger charge is 2.07. The number of carbonyl (C=O) groups is 1. The van der Waals surface area contributed by atoms with E-state index in [2.05, 4.69) is 26.8 Å². The van der Waals surface area contributed by atoms with Crippen molar-refractivity contribution in [2.75, 3.05) is 6.61 Å². The number of allylic oxidation sites excluding steroid dienone is 3. The molecule has 0 aliphatic rings. The summed E-state index contributed by atoms with van der Waals surface area (Å²) in [6.07, 6.45) is 6.29. The molecule has 92 valence electrons. The molecule has 0 saturated carbocycles. The first kappa shape index (κ1) is 14.9. The first-order valence-corrected chi connectivity index (χ1v) is 6.02. The fourth-order valence-electron chi connectivity index (χ4n) is 1.74. The molecule has 0 saturated heterocycles. The minimum atomic E-state index is -0.202. The molecule has 2 nitrogen and oxygen atoms in total. The highest BCUT2D eigenvalue weighted by atomic mass is 16.5. The Labute approximate surface area is 99.4 Å². The average molecular weight is 224 g/mol. The van der Waals surface area contributed by atoms with E-state index in [1.807, 2.05) is 19.9 Å². The van der Waals surface area contributed by atoms with E-state index in [1.165, 1.54) is 5.57 Å². The molecule has 2 heteroatoms. The van der Waals surface area contributed by atoms with E-state index in [9.17, 15) is 4.79 Å². The van der Waals surface area contributed by atoms with Crippen molar-refractivity contribution in [3.63, 3.8) is 0 Å². The molecule has 0 fully saturated rings. The molecule has 0 heterocycles. The monoisotopic (exact) mass is 224 g/mol. The Kier molecular flexibility index (Phi) is 7.61. The molecule has 0 bridgehead atoms. The third kappa shape index (κ3) is 6.44. The van der Waals surface area contributed by atoms with Gasteiger partial charge in [0.25, 0.3) is 0 Å². The van der Waals surface area contributed by atoms with Crippen molar-refractivity contribution >= 4 is 5.97 Å². The molecule has 0 aliphatic heterocycles. The lowest BCUT2D eigenvalue weighted by Crippen LogP contribution is -2.06. The van der Waals surface area contributed by atoms with Gasteiger partial charge in [0.2, 0.25) is 0 Å². The van der Waals surface area contributed by atoms with Gasteiger partial charge < -0.3 is 4.74 Å². The molecule has 16 heavy (non-hydrogen) atoms. The average Bonchev–Trinajstić information content (AvgIpc) is 2.17. The molecule has 0 aromatic carbocycles. The largest absolute Gasteiger partial charge is 0.463 e. The van der Waals surface area contributed by atoms with E-state index in [0.717, 1.165) is 12.8 Å². The van der Waals surface area contributed by atoms with Gasteiger partial charge in [-0.25, -0.2) is 4.79 Å². The summed E-state index contributed by atoms with van der Waals surface area (Å²) in [6, 6.07) is 0. The number of esters is 1. The highest BCUT2D eigenvalue weighted by Crippen LogP contribution is 2.15. The van der Waals surface area contributed by atoms with E-state index < -0.39 is 0 Å². The third-order valence-corrected chi connectivity index (χ3v) is 2.33. The summed E-state index contributed by atoms with van der Waals surface area (Å²) in [5.41, 5.74) is 2.08. The van der Waals surface area contributed by atoms with Crippen LogP contribution >= 0.6 is 0 Å².